The molecule has 0 fully saturated rings. The molecule has 100 valence electrons. The molecule has 0 saturated heterocycles. The summed E-state index contributed by atoms with van der Waals surface area (Å²) in [6.07, 6.45) is 0.470. The first-order valence-corrected chi connectivity index (χ1v) is 7.16. The minimum absolute atomic E-state index is 0.0114. The number of furan rings is 1. The van der Waals surface area contributed by atoms with Crippen molar-refractivity contribution in [2.45, 2.75) is 12.0 Å². The first-order valence-electron chi connectivity index (χ1n) is 5.72. The summed E-state index contributed by atoms with van der Waals surface area (Å²) >= 11 is 0. The van der Waals surface area contributed by atoms with Crippen LogP contribution in [-0.4, -0.2) is 21.2 Å². The molecule has 0 bridgehead atoms. The second-order valence-electron chi connectivity index (χ2n) is 3.78. The fraction of sp³-hybridized carbons (Fsp3) is 0.154. The third kappa shape index (κ3) is 2.53. The Hall–Kier alpha value is -2.08. The first kappa shape index (κ1) is 13.4. The normalized spacial score (nSPS) is 11.2. The predicted octanol–water partition coefficient (Wildman–Crippen LogP) is 2.31. The van der Waals surface area contributed by atoms with Crippen LogP contribution >= 0.6 is 0 Å². The maximum Gasteiger partial charge on any atom is 0.297 e. The third-order valence-corrected chi connectivity index (χ3v) is 4.37. The van der Waals surface area contributed by atoms with E-state index >= 15 is 0 Å². The van der Waals surface area contributed by atoms with Crippen LogP contribution in [0.25, 0.3) is 0 Å². The van der Waals surface area contributed by atoms with Gasteiger partial charge in [0.25, 0.3) is 10.0 Å². The van der Waals surface area contributed by atoms with Crippen molar-refractivity contribution < 1.29 is 17.6 Å². The summed E-state index contributed by atoms with van der Waals surface area (Å²) in [5.41, 5.74) is 0.550. The molecule has 1 aromatic carbocycles. The van der Waals surface area contributed by atoms with Gasteiger partial charge in [-0.25, -0.2) is 0 Å². The van der Waals surface area contributed by atoms with E-state index < -0.39 is 10.0 Å². The van der Waals surface area contributed by atoms with Crippen LogP contribution in [0.1, 0.15) is 17.5 Å². The second kappa shape index (κ2) is 5.27. The number of hydrogen-bond acceptors (Lipinski definition) is 4. The van der Waals surface area contributed by atoms with E-state index in [1.54, 1.807) is 37.3 Å². The van der Waals surface area contributed by atoms with Gasteiger partial charge in [-0.1, -0.05) is 18.2 Å². The lowest BCUT2D eigenvalue weighted by atomic mass is 10.3. The maximum atomic E-state index is 12.4. The molecule has 6 heteroatoms. The van der Waals surface area contributed by atoms with Gasteiger partial charge >= 0.3 is 0 Å². The highest BCUT2D eigenvalue weighted by Gasteiger charge is 2.26. The summed E-state index contributed by atoms with van der Waals surface area (Å²) in [4.78, 5) is 10.6. The van der Waals surface area contributed by atoms with Crippen molar-refractivity contribution in [1.82, 2.24) is 0 Å². The summed E-state index contributed by atoms with van der Waals surface area (Å²) in [5.74, 6) is -0.0114. The van der Waals surface area contributed by atoms with E-state index in [9.17, 15) is 13.2 Å². The zero-order valence-electron chi connectivity index (χ0n) is 10.3. The number of carbonyl (C=O) groups is 1. The minimum Gasteiger partial charge on any atom is -0.440 e. The summed E-state index contributed by atoms with van der Waals surface area (Å²) in [6.45, 7) is 2.00. The van der Waals surface area contributed by atoms with Crippen LogP contribution in [-0.2, 0) is 10.0 Å². The Labute approximate surface area is 111 Å². The van der Waals surface area contributed by atoms with Crippen molar-refractivity contribution >= 4 is 22.0 Å². The van der Waals surface area contributed by atoms with E-state index in [0.717, 1.165) is 0 Å². The topological polar surface area (TPSA) is 67.6 Å². The molecule has 0 unspecified atom stereocenters. The Morgan fingerprint density at radius 3 is 2.37 bits per heavy atom. The molecule has 1 heterocycles. The van der Waals surface area contributed by atoms with Gasteiger partial charge in [0.05, 0.1) is 5.69 Å². The van der Waals surface area contributed by atoms with Crippen molar-refractivity contribution in [2.75, 3.05) is 10.8 Å². The van der Waals surface area contributed by atoms with E-state index in [1.165, 1.54) is 16.4 Å². The van der Waals surface area contributed by atoms with Gasteiger partial charge in [-0.3, -0.25) is 9.10 Å². The van der Waals surface area contributed by atoms with Crippen molar-refractivity contribution in [3.8, 4) is 0 Å². The number of hydrogen-bond donors (Lipinski definition) is 0. The van der Waals surface area contributed by atoms with Crippen molar-refractivity contribution in [1.29, 1.82) is 0 Å². The number of benzene rings is 1. The van der Waals surface area contributed by atoms with Gasteiger partial charge in [-0.2, -0.15) is 8.42 Å². The van der Waals surface area contributed by atoms with Crippen LogP contribution in [0.5, 0.6) is 0 Å². The molecular formula is C13H13NO4S. The molecule has 0 atom stereocenters. The molecule has 19 heavy (non-hydrogen) atoms. The fourth-order valence-electron chi connectivity index (χ4n) is 1.73. The molecule has 0 saturated carbocycles. The number of nitrogens with zero attached hydrogens (tertiary/aromatic N) is 1. The van der Waals surface area contributed by atoms with Crippen LogP contribution in [0.2, 0.25) is 0 Å². The molecule has 0 spiro atoms. The average Bonchev–Trinajstić information content (AvgIpc) is 2.90. The number of anilines is 1. The fourth-order valence-corrected chi connectivity index (χ4v) is 3.13. The molecule has 2 aromatic rings. The predicted molar refractivity (Wildman–Crippen MR) is 70.7 cm³/mol. The van der Waals surface area contributed by atoms with Crippen LogP contribution in [0, 0.1) is 0 Å². The Balaban J connectivity index is 2.45. The van der Waals surface area contributed by atoms with Crippen LogP contribution in [0.3, 0.4) is 0 Å². The van der Waals surface area contributed by atoms with Gasteiger partial charge in [0, 0.05) is 6.54 Å². The summed E-state index contributed by atoms with van der Waals surface area (Å²) in [7, 11) is -3.79. The number of para-hydroxylation sites is 1. The molecular weight excluding hydrogens is 266 g/mol. The van der Waals surface area contributed by atoms with Gasteiger partial charge in [-0.15, -0.1) is 0 Å². The van der Waals surface area contributed by atoms with Crippen LogP contribution in [0.4, 0.5) is 5.69 Å². The third-order valence-electron chi connectivity index (χ3n) is 2.59. The molecule has 0 N–H and O–H groups in total. The van der Waals surface area contributed by atoms with E-state index in [0.29, 0.717) is 12.0 Å². The number of aldehydes is 1. The van der Waals surface area contributed by atoms with E-state index in [1.807, 2.05) is 0 Å². The zero-order valence-corrected chi connectivity index (χ0v) is 11.1. The largest absolute Gasteiger partial charge is 0.440 e. The standard InChI is InChI=1S/C13H13NO4S/c1-2-14(11-6-4-3-5-7-11)19(16,17)13-9-8-12(10-15)18-13/h3-10H,2H2,1H3. The Bertz CT molecular complexity index is 661. The highest BCUT2D eigenvalue weighted by Crippen LogP contribution is 2.24. The monoisotopic (exact) mass is 279 g/mol. The van der Waals surface area contributed by atoms with Gasteiger partial charge in [0.2, 0.25) is 5.09 Å². The van der Waals surface area contributed by atoms with E-state index in [2.05, 4.69) is 0 Å². The quantitative estimate of drug-likeness (QED) is 0.788. The Morgan fingerprint density at radius 2 is 1.84 bits per heavy atom. The Morgan fingerprint density at radius 1 is 1.16 bits per heavy atom. The molecule has 0 amide bonds. The molecule has 2 rings (SSSR count). The zero-order chi connectivity index (χ0) is 13.9. The van der Waals surface area contributed by atoms with Crippen molar-refractivity contribution in [3.63, 3.8) is 0 Å². The molecule has 0 aliphatic carbocycles. The summed E-state index contributed by atoms with van der Waals surface area (Å²) in [5, 5.41) is -0.236. The minimum atomic E-state index is -3.79. The summed E-state index contributed by atoms with van der Waals surface area (Å²) in [6, 6.07) is 11.3. The molecule has 0 aliphatic heterocycles. The highest BCUT2D eigenvalue weighted by atomic mass is 32.2. The number of carbonyl (C=O) groups excluding carboxylic acids is 1. The first-order chi connectivity index (χ1) is 9.09. The van der Waals surface area contributed by atoms with Crippen molar-refractivity contribution in [2.24, 2.45) is 0 Å². The van der Waals surface area contributed by atoms with E-state index in [-0.39, 0.29) is 17.4 Å². The molecule has 0 radical (unpaired) electrons. The van der Waals surface area contributed by atoms with Gasteiger partial charge in [0.1, 0.15) is 0 Å². The lowest BCUT2D eigenvalue weighted by Crippen LogP contribution is -2.30. The van der Waals surface area contributed by atoms with Crippen LogP contribution in [0.15, 0.2) is 52.0 Å². The number of rotatable bonds is 5. The van der Waals surface area contributed by atoms with Gasteiger partial charge in [0.15, 0.2) is 12.0 Å². The lowest BCUT2D eigenvalue weighted by molar-refractivity contribution is 0.109. The average molecular weight is 279 g/mol. The van der Waals surface area contributed by atoms with E-state index in [4.69, 9.17) is 4.42 Å². The smallest absolute Gasteiger partial charge is 0.297 e. The SMILES string of the molecule is CCN(c1ccccc1)S(=O)(=O)c1ccc(C=O)o1. The van der Waals surface area contributed by atoms with Gasteiger partial charge < -0.3 is 4.42 Å². The van der Waals surface area contributed by atoms with Crippen LogP contribution < -0.4 is 4.31 Å². The summed E-state index contributed by atoms with van der Waals surface area (Å²) < 4.78 is 31.0. The number of sulfonamides is 1. The Kier molecular flexibility index (Phi) is 3.71. The van der Waals surface area contributed by atoms with Crippen molar-refractivity contribution in [3.05, 3.63) is 48.2 Å². The highest BCUT2D eigenvalue weighted by molar-refractivity contribution is 7.92. The maximum absolute atomic E-state index is 12.4. The lowest BCUT2D eigenvalue weighted by Gasteiger charge is -2.21. The van der Waals surface area contributed by atoms with Gasteiger partial charge in [-0.05, 0) is 31.2 Å². The molecule has 0 aliphatic rings. The molecule has 1 aromatic heterocycles. The molecule has 5 nitrogen and oxygen atoms in total. The second-order valence-corrected chi connectivity index (χ2v) is 5.57.